The van der Waals surface area contributed by atoms with Crippen molar-refractivity contribution in [3.63, 3.8) is 0 Å². The molecule has 1 aliphatic carbocycles. The summed E-state index contributed by atoms with van der Waals surface area (Å²) in [5.74, 6) is 1.67. The van der Waals surface area contributed by atoms with Crippen LogP contribution in [-0.4, -0.2) is 54.9 Å². The Hall–Kier alpha value is -2.59. The Morgan fingerprint density at radius 3 is 2.67 bits per heavy atom. The summed E-state index contributed by atoms with van der Waals surface area (Å²) in [6.07, 6.45) is 7.26. The molecule has 0 bridgehead atoms. The van der Waals surface area contributed by atoms with E-state index in [-0.39, 0.29) is 23.5 Å². The second-order valence-electron chi connectivity index (χ2n) is 7.99. The van der Waals surface area contributed by atoms with Crippen LogP contribution in [0.5, 0.6) is 0 Å². The minimum Gasteiger partial charge on any atom is -0.396 e. The lowest BCUT2D eigenvalue weighted by molar-refractivity contribution is 0.178. The van der Waals surface area contributed by atoms with E-state index < -0.39 is 9.84 Å². The summed E-state index contributed by atoms with van der Waals surface area (Å²) in [7, 11) is -1.28. The van der Waals surface area contributed by atoms with Crippen LogP contribution in [0, 0.1) is 5.92 Å². The number of nitrogens with zero attached hydrogens (tertiary/aromatic N) is 3. The van der Waals surface area contributed by atoms with E-state index in [0.717, 1.165) is 54.1 Å². The van der Waals surface area contributed by atoms with Gasteiger partial charge in [-0.2, -0.15) is 9.61 Å². The van der Waals surface area contributed by atoms with Crippen LogP contribution in [0.25, 0.3) is 5.65 Å². The van der Waals surface area contributed by atoms with Gasteiger partial charge in [-0.15, -0.1) is 0 Å². The normalized spacial score (nSPS) is 19.7. The second-order valence-corrected chi connectivity index (χ2v) is 10.0. The number of sulfone groups is 1. The molecule has 1 aromatic carbocycles. The number of hydrogen-bond donors (Lipinski definition) is 3. The SMILES string of the molecule is Bc1cnn2c(Nc3ccc(S(C)(=O)=O)cc3)cc(N[C@@H]3CCCC[C@H]3CO)nc12. The van der Waals surface area contributed by atoms with E-state index in [1.54, 1.807) is 35.0 Å². The Balaban J connectivity index is 1.65. The van der Waals surface area contributed by atoms with E-state index in [1.807, 2.05) is 13.9 Å². The van der Waals surface area contributed by atoms with Crippen molar-refractivity contribution in [1.82, 2.24) is 14.6 Å². The third kappa shape index (κ3) is 4.29. The van der Waals surface area contributed by atoms with Gasteiger partial charge in [-0.3, -0.25) is 0 Å². The molecule has 1 fully saturated rings. The van der Waals surface area contributed by atoms with E-state index in [1.165, 1.54) is 6.26 Å². The maximum atomic E-state index is 11.7. The zero-order valence-electron chi connectivity index (χ0n) is 17.2. The van der Waals surface area contributed by atoms with Gasteiger partial charge < -0.3 is 15.7 Å². The van der Waals surface area contributed by atoms with Crippen molar-refractivity contribution < 1.29 is 13.5 Å². The molecule has 3 aromatic rings. The van der Waals surface area contributed by atoms with Crippen LogP contribution in [0.2, 0.25) is 0 Å². The molecule has 0 spiro atoms. The van der Waals surface area contributed by atoms with Gasteiger partial charge >= 0.3 is 0 Å². The quantitative estimate of drug-likeness (QED) is 0.506. The first kappa shape index (κ1) is 20.7. The van der Waals surface area contributed by atoms with E-state index >= 15 is 0 Å². The lowest BCUT2D eigenvalue weighted by atomic mass is 9.85. The van der Waals surface area contributed by atoms with Crippen molar-refractivity contribution in [3.05, 3.63) is 36.5 Å². The van der Waals surface area contributed by atoms with Crippen LogP contribution in [0.1, 0.15) is 25.7 Å². The number of anilines is 3. The number of aliphatic hydroxyl groups is 1. The fourth-order valence-electron chi connectivity index (χ4n) is 3.98. The Kier molecular flexibility index (Phi) is 5.70. The summed E-state index contributed by atoms with van der Waals surface area (Å²) in [6.45, 7) is 0.170. The average molecular weight is 427 g/mol. The molecule has 2 atom stereocenters. The van der Waals surface area contributed by atoms with Crippen LogP contribution >= 0.6 is 0 Å². The summed E-state index contributed by atoms with van der Waals surface area (Å²) in [6, 6.07) is 8.70. The summed E-state index contributed by atoms with van der Waals surface area (Å²) < 4.78 is 25.1. The largest absolute Gasteiger partial charge is 0.396 e. The molecular weight excluding hydrogens is 401 g/mol. The average Bonchev–Trinajstić information content (AvgIpc) is 3.09. The number of aromatic nitrogens is 3. The van der Waals surface area contributed by atoms with E-state index in [2.05, 4.69) is 15.7 Å². The van der Waals surface area contributed by atoms with Gasteiger partial charge in [0.25, 0.3) is 0 Å². The molecule has 2 aromatic heterocycles. The molecule has 8 nitrogen and oxygen atoms in total. The van der Waals surface area contributed by atoms with E-state index in [4.69, 9.17) is 4.98 Å². The zero-order chi connectivity index (χ0) is 21.3. The van der Waals surface area contributed by atoms with Crippen LogP contribution in [0.3, 0.4) is 0 Å². The Bertz CT molecular complexity index is 1150. The van der Waals surface area contributed by atoms with Gasteiger partial charge in [0.05, 0.1) is 4.90 Å². The molecule has 30 heavy (non-hydrogen) atoms. The second kappa shape index (κ2) is 8.27. The van der Waals surface area contributed by atoms with Gasteiger partial charge in [0.1, 0.15) is 19.5 Å². The highest BCUT2D eigenvalue weighted by Crippen LogP contribution is 2.28. The van der Waals surface area contributed by atoms with Crippen LogP contribution < -0.4 is 16.1 Å². The van der Waals surface area contributed by atoms with Gasteiger partial charge in [-0.1, -0.05) is 12.8 Å². The van der Waals surface area contributed by atoms with Crippen LogP contribution in [0.15, 0.2) is 41.4 Å². The highest BCUT2D eigenvalue weighted by Gasteiger charge is 2.25. The summed E-state index contributed by atoms with van der Waals surface area (Å²) in [5.41, 5.74) is 2.45. The molecule has 1 aliphatic rings. The molecule has 3 N–H and O–H groups in total. The lowest BCUT2D eigenvalue weighted by Gasteiger charge is -2.31. The van der Waals surface area contributed by atoms with E-state index in [0.29, 0.717) is 0 Å². The summed E-state index contributed by atoms with van der Waals surface area (Å²) in [4.78, 5) is 5.01. The fraction of sp³-hybridized carbons (Fsp3) is 0.400. The lowest BCUT2D eigenvalue weighted by Crippen LogP contribution is -2.34. The van der Waals surface area contributed by atoms with Crippen molar-refractivity contribution >= 4 is 46.1 Å². The van der Waals surface area contributed by atoms with Crippen molar-refractivity contribution in [2.24, 2.45) is 5.92 Å². The molecule has 0 saturated heterocycles. The molecule has 2 heterocycles. The van der Waals surface area contributed by atoms with E-state index in [9.17, 15) is 13.5 Å². The minimum atomic E-state index is -3.24. The maximum Gasteiger partial charge on any atom is 0.175 e. The molecule has 0 aliphatic heterocycles. The molecule has 0 radical (unpaired) electrons. The molecule has 1 saturated carbocycles. The number of fused-ring (bicyclic) bond motifs is 1. The first-order chi connectivity index (χ1) is 14.3. The molecule has 10 heteroatoms. The number of benzene rings is 1. The summed E-state index contributed by atoms with van der Waals surface area (Å²) >= 11 is 0. The minimum absolute atomic E-state index is 0.170. The van der Waals surface area contributed by atoms with Gasteiger partial charge in [-0.25, -0.2) is 13.4 Å². The number of nitrogens with one attached hydrogen (secondary N) is 2. The first-order valence-electron chi connectivity index (χ1n) is 10.1. The molecule has 0 amide bonds. The molecule has 4 rings (SSSR count). The third-order valence-corrected chi connectivity index (χ3v) is 6.81. The number of hydrogen-bond acceptors (Lipinski definition) is 7. The van der Waals surface area contributed by atoms with Crippen molar-refractivity contribution in [2.75, 3.05) is 23.5 Å². The number of rotatable bonds is 6. The molecule has 158 valence electrons. The van der Waals surface area contributed by atoms with Crippen molar-refractivity contribution in [1.29, 1.82) is 0 Å². The monoisotopic (exact) mass is 427 g/mol. The summed E-state index contributed by atoms with van der Waals surface area (Å²) in [5, 5.41) is 21.0. The first-order valence-corrected chi connectivity index (χ1v) is 12.0. The van der Waals surface area contributed by atoms with Gasteiger partial charge in [0.2, 0.25) is 0 Å². The highest BCUT2D eigenvalue weighted by atomic mass is 32.2. The zero-order valence-corrected chi connectivity index (χ0v) is 18.0. The maximum absolute atomic E-state index is 11.7. The number of aliphatic hydroxyl groups excluding tert-OH is 1. The van der Waals surface area contributed by atoms with Crippen LogP contribution in [0.4, 0.5) is 17.3 Å². The van der Waals surface area contributed by atoms with Crippen molar-refractivity contribution in [2.45, 2.75) is 36.6 Å². The van der Waals surface area contributed by atoms with Gasteiger partial charge in [-0.05, 0) is 42.6 Å². The Morgan fingerprint density at radius 1 is 1.23 bits per heavy atom. The van der Waals surface area contributed by atoms with Crippen molar-refractivity contribution in [3.8, 4) is 0 Å². The Labute approximate surface area is 177 Å². The third-order valence-electron chi connectivity index (χ3n) is 5.68. The molecule has 0 unspecified atom stereocenters. The van der Waals surface area contributed by atoms with Gasteiger partial charge in [0, 0.05) is 42.8 Å². The smallest absolute Gasteiger partial charge is 0.175 e. The standard InChI is InChI=1S/C20H26BN5O3S/c1-30(28,29)15-8-6-14(7-9-15)23-19-10-18(25-20-16(21)11-22-26(19)20)24-17-5-3-2-4-13(17)12-27/h6-11,13,17,23,27H,2-5,12,21H2,1H3,(H,24,25)/t13-,17+/m0/s1. The van der Waals surface area contributed by atoms with Gasteiger partial charge in [0.15, 0.2) is 15.5 Å². The Morgan fingerprint density at radius 2 is 1.97 bits per heavy atom. The fourth-order valence-corrected chi connectivity index (χ4v) is 4.61. The topological polar surface area (TPSA) is 109 Å². The predicted molar refractivity (Wildman–Crippen MR) is 120 cm³/mol. The molecular formula is C20H26BN5O3S. The van der Waals surface area contributed by atoms with Crippen LogP contribution in [-0.2, 0) is 9.84 Å². The highest BCUT2D eigenvalue weighted by molar-refractivity contribution is 7.90. The predicted octanol–water partition coefficient (Wildman–Crippen LogP) is 1.10.